The summed E-state index contributed by atoms with van der Waals surface area (Å²) in [5.41, 5.74) is 1.45. The number of rotatable bonds is 4. The molecule has 106 valence electrons. The monoisotopic (exact) mass is 268 g/mol. The summed E-state index contributed by atoms with van der Waals surface area (Å²) >= 11 is 0. The van der Waals surface area contributed by atoms with Crippen molar-refractivity contribution in [2.45, 2.75) is 45.1 Å². The molecule has 1 aliphatic rings. The molecule has 1 aromatic heterocycles. The molecule has 1 N–H and O–H groups in total. The number of hydrogen-bond acceptors (Lipinski definition) is 2. The Morgan fingerprint density at radius 3 is 2.90 bits per heavy atom. The van der Waals surface area contributed by atoms with Gasteiger partial charge in [-0.1, -0.05) is 44.5 Å². The lowest BCUT2D eigenvalue weighted by Gasteiger charge is -2.22. The van der Waals surface area contributed by atoms with Gasteiger partial charge in [0, 0.05) is 23.8 Å². The molecular weight excluding hydrogens is 244 g/mol. The molecular formula is C18H24N2. The van der Waals surface area contributed by atoms with E-state index in [9.17, 15) is 0 Å². The zero-order valence-corrected chi connectivity index (χ0v) is 12.5. The van der Waals surface area contributed by atoms with Gasteiger partial charge in [-0.2, -0.15) is 0 Å². The Morgan fingerprint density at radius 2 is 2.05 bits per heavy atom. The maximum atomic E-state index is 4.47. The molecule has 0 aliphatic heterocycles. The molecule has 1 aromatic carbocycles. The summed E-state index contributed by atoms with van der Waals surface area (Å²) in [6.45, 7) is 5.58. The fraction of sp³-hybridized carbons (Fsp3) is 0.500. The average molecular weight is 268 g/mol. The molecule has 2 atom stereocenters. The molecule has 1 heterocycles. The molecule has 0 saturated heterocycles. The Bertz CT molecular complexity index is 571. The van der Waals surface area contributed by atoms with Crippen molar-refractivity contribution in [1.82, 2.24) is 10.3 Å². The number of hydrogen-bond donors (Lipinski definition) is 1. The maximum absolute atomic E-state index is 4.47. The van der Waals surface area contributed by atoms with Gasteiger partial charge in [-0.15, -0.1) is 0 Å². The van der Waals surface area contributed by atoms with E-state index in [-0.39, 0.29) is 0 Å². The Labute approximate surface area is 121 Å². The van der Waals surface area contributed by atoms with Gasteiger partial charge in [0.05, 0.1) is 0 Å². The van der Waals surface area contributed by atoms with Gasteiger partial charge in [0.2, 0.25) is 0 Å². The van der Waals surface area contributed by atoms with Crippen LogP contribution in [0.15, 0.2) is 36.7 Å². The molecule has 0 radical (unpaired) electrons. The van der Waals surface area contributed by atoms with E-state index >= 15 is 0 Å². The molecule has 2 aromatic rings. The summed E-state index contributed by atoms with van der Waals surface area (Å²) in [6, 6.07) is 9.23. The summed E-state index contributed by atoms with van der Waals surface area (Å²) in [5, 5.41) is 6.28. The highest BCUT2D eigenvalue weighted by molar-refractivity contribution is 5.85. The fourth-order valence-electron chi connectivity index (χ4n) is 3.51. The molecule has 1 saturated carbocycles. The maximum Gasteiger partial charge on any atom is 0.0346 e. The van der Waals surface area contributed by atoms with Gasteiger partial charge < -0.3 is 5.32 Å². The molecule has 20 heavy (non-hydrogen) atoms. The SMILES string of the molecule is CC(C)NCC1CCCC1c1cncc2ccccc12. The first-order valence-corrected chi connectivity index (χ1v) is 7.81. The van der Waals surface area contributed by atoms with Crippen molar-refractivity contribution in [2.75, 3.05) is 6.54 Å². The van der Waals surface area contributed by atoms with E-state index in [0.29, 0.717) is 12.0 Å². The summed E-state index contributed by atoms with van der Waals surface area (Å²) in [5.74, 6) is 1.42. The van der Waals surface area contributed by atoms with Gasteiger partial charge in [-0.3, -0.25) is 4.98 Å². The van der Waals surface area contributed by atoms with E-state index < -0.39 is 0 Å². The standard InChI is InChI=1S/C18H24N2/c1-13(2)20-11-15-7-5-9-17(15)18-12-19-10-14-6-3-4-8-16(14)18/h3-4,6,8,10,12-13,15,17,20H,5,7,9,11H2,1-2H3. The average Bonchev–Trinajstić information content (AvgIpc) is 2.92. The van der Waals surface area contributed by atoms with Crippen LogP contribution in [0, 0.1) is 5.92 Å². The third-order valence-corrected chi connectivity index (χ3v) is 4.55. The van der Waals surface area contributed by atoms with E-state index in [0.717, 1.165) is 12.5 Å². The fourth-order valence-corrected chi connectivity index (χ4v) is 3.51. The zero-order chi connectivity index (χ0) is 13.9. The van der Waals surface area contributed by atoms with Crippen LogP contribution in [0.5, 0.6) is 0 Å². The molecule has 2 heteroatoms. The third-order valence-electron chi connectivity index (χ3n) is 4.55. The molecule has 3 rings (SSSR count). The van der Waals surface area contributed by atoms with Gasteiger partial charge in [0.1, 0.15) is 0 Å². The Kier molecular flexibility index (Phi) is 4.02. The molecule has 0 spiro atoms. The van der Waals surface area contributed by atoms with Crippen molar-refractivity contribution in [3.63, 3.8) is 0 Å². The zero-order valence-electron chi connectivity index (χ0n) is 12.5. The normalized spacial score (nSPS) is 22.8. The molecule has 2 unspecified atom stereocenters. The highest BCUT2D eigenvalue weighted by atomic mass is 14.9. The van der Waals surface area contributed by atoms with Gasteiger partial charge in [0.15, 0.2) is 0 Å². The van der Waals surface area contributed by atoms with E-state index in [1.807, 2.05) is 6.20 Å². The van der Waals surface area contributed by atoms with Crippen LogP contribution in [0.25, 0.3) is 10.8 Å². The first kappa shape index (κ1) is 13.6. The van der Waals surface area contributed by atoms with Gasteiger partial charge in [-0.05, 0) is 42.2 Å². The minimum absolute atomic E-state index is 0.571. The van der Waals surface area contributed by atoms with Crippen molar-refractivity contribution >= 4 is 10.8 Å². The first-order chi connectivity index (χ1) is 9.75. The third kappa shape index (κ3) is 2.71. The number of aromatic nitrogens is 1. The van der Waals surface area contributed by atoms with Gasteiger partial charge >= 0.3 is 0 Å². The predicted molar refractivity (Wildman–Crippen MR) is 85.0 cm³/mol. The van der Waals surface area contributed by atoms with Crippen LogP contribution in [-0.2, 0) is 0 Å². The lowest BCUT2D eigenvalue weighted by molar-refractivity contribution is 0.423. The van der Waals surface area contributed by atoms with Crippen molar-refractivity contribution in [3.05, 3.63) is 42.2 Å². The van der Waals surface area contributed by atoms with E-state index in [1.54, 1.807) is 0 Å². The summed E-state index contributed by atoms with van der Waals surface area (Å²) in [7, 11) is 0. The van der Waals surface area contributed by atoms with Crippen LogP contribution >= 0.6 is 0 Å². The van der Waals surface area contributed by atoms with Crippen LogP contribution in [-0.4, -0.2) is 17.6 Å². The van der Waals surface area contributed by atoms with Crippen LogP contribution in [0.1, 0.15) is 44.6 Å². The smallest absolute Gasteiger partial charge is 0.0346 e. The van der Waals surface area contributed by atoms with Crippen LogP contribution in [0.4, 0.5) is 0 Å². The topological polar surface area (TPSA) is 24.9 Å². The van der Waals surface area contributed by atoms with Crippen molar-refractivity contribution in [2.24, 2.45) is 5.92 Å². The lowest BCUT2D eigenvalue weighted by Crippen LogP contribution is -2.30. The van der Waals surface area contributed by atoms with Gasteiger partial charge in [-0.25, -0.2) is 0 Å². The molecule has 1 aliphatic carbocycles. The second-order valence-corrected chi connectivity index (χ2v) is 6.31. The lowest BCUT2D eigenvalue weighted by atomic mass is 9.87. The minimum atomic E-state index is 0.571. The first-order valence-electron chi connectivity index (χ1n) is 7.81. The van der Waals surface area contributed by atoms with Gasteiger partial charge in [0.25, 0.3) is 0 Å². The predicted octanol–water partition coefficient (Wildman–Crippen LogP) is 4.12. The van der Waals surface area contributed by atoms with E-state index in [1.165, 1.54) is 35.6 Å². The molecule has 0 amide bonds. The highest BCUT2D eigenvalue weighted by Gasteiger charge is 2.29. The number of benzene rings is 1. The number of pyridine rings is 1. The van der Waals surface area contributed by atoms with Crippen LogP contribution in [0.3, 0.4) is 0 Å². The van der Waals surface area contributed by atoms with Crippen molar-refractivity contribution in [3.8, 4) is 0 Å². The van der Waals surface area contributed by atoms with Crippen molar-refractivity contribution < 1.29 is 0 Å². The van der Waals surface area contributed by atoms with Crippen molar-refractivity contribution in [1.29, 1.82) is 0 Å². The number of nitrogens with zero attached hydrogens (tertiary/aromatic N) is 1. The second kappa shape index (κ2) is 5.92. The summed E-state index contributed by atoms with van der Waals surface area (Å²) < 4.78 is 0. The number of nitrogens with one attached hydrogen (secondary N) is 1. The number of fused-ring (bicyclic) bond motifs is 1. The van der Waals surface area contributed by atoms with E-state index in [2.05, 4.69) is 54.6 Å². The Hall–Kier alpha value is -1.41. The van der Waals surface area contributed by atoms with E-state index in [4.69, 9.17) is 0 Å². The quantitative estimate of drug-likeness (QED) is 0.902. The Morgan fingerprint density at radius 1 is 1.20 bits per heavy atom. The molecule has 1 fully saturated rings. The van der Waals surface area contributed by atoms with Crippen LogP contribution in [0.2, 0.25) is 0 Å². The Balaban J connectivity index is 1.89. The second-order valence-electron chi connectivity index (χ2n) is 6.31. The molecule has 2 nitrogen and oxygen atoms in total. The minimum Gasteiger partial charge on any atom is -0.314 e. The van der Waals surface area contributed by atoms with Crippen LogP contribution < -0.4 is 5.32 Å². The molecule has 0 bridgehead atoms. The highest BCUT2D eigenvalue weighted by Crippen LogP contribution is 2.41. The largest absolute Gasteiger partial charge is 0.314 e. The summed E-state index contributed by atoms with van der Waals surface area (Å²) in [6.07, 6.45) is 8.07. The summed E-state index contributed by atoms with van der Waals surface area (Å²) in [4.78, 5) is 4.47.